The number of carbonyl (C=O) groups excluding carboxylic acids is 2. The molecule has 0 saturated carbocycles. The molecule has 2 amide bonds. The number of unbranched alkanes of at least 4 members (excludes halogenated alkanes) is 3. The zero-order valence-electron chi connectivity index (χ0n) is 14.9. The van der Waals surface area contributed by atoms with Crippen LogP contribution in [0.1, 0.15) is 43.9 Å². The number of hydrogen-bond donors (Lipinski definition) is 0. The molecule has 1 aromatic heterocycles. The Morgan fingerprint density at radius 2 is 1.77 bits per heavy atom. The van der Waals surface area contributed by atoms with Gasteiger partial charge in [-0.3, -0.25) is 14.5 Å². The molecule has 1 aliphatic rings. The van der Waals surface area contributed by atoms with Crippen molar-refractivity contribution in [1.29, 1.82) is 0 Å². The van der Waals surface area contributed by atoms with Gasteiger partial charge in [0.1, 0.15) is 5.76 Å². The van der Waals surface area contributed by atoms with Gasteiger partial charge in [-0.2, -0.15) is 0 Å². The highest BCUT2D eigenvalue weighted by molar-refractivity contribution is 8.03. The summed E-state index contributed by atoms with van der Waals surface area (Å²) in [6.07, 6.45) is 5.74. The molecule has 0 atom stereocenters. The van der Waals surface area contributed by atoms with Crippen molar-refractivity contribution >= 4 is 29.1 Å². The zero-order valence-corrected chi connectivity index (χ0v) is 15.8. The first kappa shape index (κ1) is 18.5. The Balaban J connectivity index is 1.82. The van der Waals surface area contributed by atoms with Crippen LogP contribution in [0.3, 0.4) is 0 Å². The smallest absolute Gasteiger partial charge is 0.267 e. The van der Waals surface area contributed by atoms with E-state index >= 15 is 0 Å². The van der Waals surface area contributed by atoms with Gasteiger partial charge >= 0.3 is 0 Å². The summed E-state index contributed by atoms with van der Waals surface area (Å²) in [5.41, 5.74) is 1.31. The summed E-state index contributed by atoms with van der Waals surface area (Å²) in [4.78, 5) is 27.8. The van der Waals surface area contributed by atoms with Gasteiger partial charge < -0.3 is 4.42 Å². The van der Waals surface area contributed by atoms with E-state index in [4.69, 9.17) is 4.42 Å². The van der Waals surface area contributed by atoms with Crippen LogP contribution in [-0.2, 0) is 15.3 Å². The molecular formula is C21H23NO3S. The van der Waals surface area contributed by atoms with Gasteiger partial charge in [-0.25, -0.2) is 0 Å². The fraction of sp³-hybridized carbons (Fsp3) is 0.333. The minimum Gasteiger partial charge on any atom is -0.468 e. The normalized spacial score (nSPS) is 14.6. The quantitative estimate of drug-likeness (QED) is 0.467. The summed E-state index contributed by atoms with van der Waals surface area (Å²) >= 11 is 1.38. The van der Waals surface area contributed by atoms with Crippen molar-refractivity contribution in [3.8, 4) is 0 Å². The Bertz CT molecular complexity index is 781. The molecule has 5 heteroatoms. The number of imide groups is 1. The molecule has 0 spiro atoms. The first-order valence-corrected chi connectivity index (χ1v) is 10.0. The van der Waals surface area contributed by atoms with Crippen LogP contribution in [0, 0.1) is 0 Å². The van der Waals surface area contributed by atoms with E-state index in [1.807, 2.05) is 42.5 Å². The van der Waals surface area contributed by atoms with Gasteiger partial charge in [-0.05, 0) is 24.1 Å². The third kappa shape index (κ3) is 4.10. The molecule has 0 fully saturated rings. The molecule has 1 aromatic carbocycles. The summed E-state index contributed by atoms with van der Waals surface area (Å²) < 4.78 is 5.36. The summed E-state index contributed by atoms with van der Waals surface area (Å²) in [5, 5.41) is 0. The minimum atomic E-state index is -0.181. The second kappa shape index (κ2) is 8.90. The lowest BCUT2D eigenvalue weighted by molar-refractivity contribution is -0.136. The molecule has 4 nitrogen and oxygen atoms in total. The molecule has 3 rings (SSSR count). The van der Waals surface area contributed by atoms with Crippen molar-refractivity contribution in [3.05, 3.63) is 65.0 Å². The second-order valence-electron chi connectivity index (χ2n) is 6.26. The number of benzene rings is 1. The van der Waals surface area contributed by atoms with E-state index in [1.54, 1.807) is 6.26 Å². The monoisotopic (exact) mass is 369 g/mol. The van der Waals surface area contributed by atoms with E-state index in [1.165, 1.54) is 16.7 Å². The van der Waals surface area contributed by atoms with Crippen molar-refractivity contribution in [2.24, 2.45) is 0 Å². The number of nitrogens with zero attached hydrogens (tertiary/aromatic N) is 1. The summed E-state index contributed by atoms with van der Waals surface area (Å²) in [7, 11) is 0. The molecule has 0 unspecified atom stereocenters. The lowest BCUT2D eigenvalue weighted by Crippen LogP contribution is -2.32. The topological polar surface area (TPSA) is 50.5 Å². The van der Waals surface area contributed by atoms with Crippen molar-refractivity contribution in [2.45, 2.75) is 38.4 Å². The molecule has 136 valence electrons. The van der Waals surface area contributed by atoms with E-state index in [0.717, 1.165) is 37.0 Å². The van der Waals surface area contributed by atoms with Gasteiger partial charge in [0.25, 0.3) is 11.8 Å². The van der Waals surface area contributed by atoms with E-state index in [0.29, 0.717) is 22.8 Å². The number of hydrogen-bond acceptors (Lipinski definition) is 4. The van der Waals surface area contributed by atoms with Gasteiger partial charge in [0.15, 0.2) is 0 Å². The molecule has 1 aliphatic heterocycles. The zero-order chi connectivity index (χ0) is 18.4. The minimum absolute atomic E-state index is 0.179. The Morgan fingerprint density at radius 3 is 2.46 bits per heavy atom. The number of thioether (sulfide) groups is 1. The highest BCUT2D eigenvalue weighted by Gasteiger charge is 2.38. The molecule has 26 heavy (non-hydrogen) atoms. The first-order valence-electron chi connectivity index (χ1n) is 9.03. The predicted molar refractivity (Wildman–Crippen MR) is 104 cm³/mol. The molecule has 0 N–H and O–H groups in total. The average Bonchev–Trinajstić information content (AvgIpc) is 3.25. The van der Waals surface area contributed by atoms with Crippen LogP contribution < -0.4 is 0 Å². The van der Waals surface area contributed by atoms with Gasteiger partial charge in [-0.1, -0.05) is 56.5 Å². The highest BCUT2D eigenvalue weighted by Crippen LogP contribution is 2.37. The molecule has 0 saturated heterocycles. The summed E-state index contributed by atoms with van der Waals surface area (Å²) in [6, 6.07) is 13.1. The Morgan fingerprint density at radius 1 is 0.962 bits per heavy atom. The van der Waals surface area contributed by atoms with Crippen LogP contribution in [-0.4, -0.2) is 23.3 Å². The van der Waals surface area contributed by atoms with Crippen molar-refractivity contribution in [2.75, 3.05) is 6.54 Å². The summed E-state index contributed by atoms with van der Waals surface area (Å²) in [6.45, 7) is 2.63. The summed E-state index contributed by atoms with van der Waals surface area (Å²) in [5.74, 6) is 0.958. The van der Waals surface area contributed by atoms with Gasteiger partial charge in [-0.15, -0.1) is 11.8 Å². The van der Waals surface area contributed by atoms with E-state index in [-0.39, 0.29) is 11.8 Å². The van der Waals surface area contributed by atoms with Crippen molar-refractivity contribution in [1.82, 2.24) is 4.90 Å². The highest BCUT2D eigenvalue weighted by atomic mass is 32.2. The largest absolute Gasteiger partial charge is 0.468 e. The number of amides is 2. The van der Waals surface area contributed by atoms with Crippen molar-refractivity contribution < 1.29 is 14.0 Å². The third-order valence-corrected chi connectivity index (χ3v) is 5.46. The van der Waals surface area contributed by atoms with Crippen LogP contribution in [0.15, 0.2) is 58.1 Å². The van der Waals surface area contributed by atoms with Crippen LogP contribution >= 0.6 is 11.8 Å². The van der Waals surface area contributed by atoms with Crippen LogP contribution in [0.25, 0.3) is 5.57 Å². The van der Waals surface area contributed by atoms with Crippen LogP contribution in [0.5, 0.6) is 0 Å². The lowest BCUT2D eigenvalue weighted by atomic mass is 10.1. The predicted octanol–water partition coefficient (Wildman–Crippen LogP) is 4.87. The molecule has 2 aromatic rings. The van der Waals surface area contributed by atoms with E-state index in [2.05, 4.69) is 6.92 Å². The lowest BCUT2D eigenvalue weighted by Gasteiger charge is -2.14. The van der Waals surface area contributed by atoms with E-state index in [9.17, 15) is 9.59 Å². The van der Waals surface area contributed by atoms with Crippen molar-refractivity contribution in [3.63, 3.8) is 0 Å². The maximum Gasteiger partial charge on any atom is 0.267 e. The molecule has 0 aliphatic carbocycles. The maximum absolute atomic E-state index is 13.0. The maximum atomic E-state index is 13.0. The Kier molecular flexibility index (Phi) is 6.34. The van der Waals surface area contributed by atoms with E-state index < -0.39 is 0 Å². The number of rotatable bonds is 9. The van der Waals surface area contributed by atoms with Gasteiger partial charge in [0.2, 0.25) is 0 Å². The van der Waals surface area contributed by atoms with Crippen LogP contribution in [0.4, 0.5) is 0 Å². The fourth-order valence-electron chi connectivity index (χ4n) is 2.98. The van der Waals surface area contributed by atoms with Crippen LogP contribution in [0.2, 0.25) is 0 Å². The number of furan rings is 1. The Labute approximate surface area is 158 Å². The first-order chi connectivity index (χ1) is 12.7. The third-order valence-electron chi connectivity index (χ3n) is 4.36. The Hall–Kier alpha value is -2.27. The second-order valence-corrected chi connectivity index (χ2v) is 7.25. The van der Waals surface area contributed by atoms with Gasteiger partial charge in [0.05, 0.1) is 22.5 Å². The number of carbonyl (C=O) groups is 2. The molecular weight excluding hydrogens is 346 g/mol. The standard InChI is InChI=1S/C21H23NO3S/c1-2-3-4-8-13-22-20(23)18(16-10-6-5-7-11-16)19(21(22)24)26-15-17-12-9-14-25-17/h5-7,9-12,14H,2-4,8,13,15H2,1H3. The SMILES string of the molecule is CCCCCCN1C(=O)C(SCc2ccco2)=C(c2ccccc2)C1=O. The molecule has 0 bridgehead atoms. The molecule has 0 radical (unpaired) electrons. The average molecular weight is 369 g/mol. The molecule has 2 heterocycles. The van der Waals surface area contributed by atoms with Gasteiger partial charge in [0, 0.05) is 6.54 Å². The fourth-order valence-corrected chi connectivity index (χ4v) is 4.02.